The summed E-state index contributed by atoms with van der Waals surface area (Å²) in [5.74, 6) is 2.20. The third-order valence-corrected chi connectivity index (χ3v) is 6.46. The number of aryl methyl sites for hydroxylation is 3. The van der Waals surface area contributed by atoms with Crippen molar-refractivity contribution in [2.45, 2.75) is 45.1 Å². The van der Waals surface area contributed by atoms with Gasteiger partial charge in [-0.05, 0) is 55.6 Å². The van der Waals surface area contributed by atoms with Gasteiger partial charge in [0.05, 0.1) is 10.7 Å². The Balaban J connectivity index is 1.51. The fourth-order valence-electron chi connectivity index (χ4n) is 4.17. The van der Waals surface area contributed by atoms with Crippen molar-refractivity contribution in [2.24, 2.45) is 17.6 Å². The predicted octanol–water partition coefficient (Wildman–Crippen LogP) is 3.61. The van der Waals surface area contributed by atoms with Crippen molar-refractivity contribution in [2.75, 3.05) is 0 Å². The Morgan fingerprint density at radius 2 is 2.14 bits per heavy atom. The van der Waals surface area contributed by atoms with Crippen molar-refractivity contribution in [1.29, 1.82) is 0 Å². The number of nitrogens with zero attached hydrogens (tertiary/aromatic N) is 1. The van der Waals surface area contributed by atoms with Gasteiger partial charge in [-0.3, -0.25) is 0 Å². The maximum absolute atomic E-state index is 6.55. The van der Waals surface area contributed by atoms with Gasteiger partial charge in [0.2, 0.25) is 0 Å². The number of thiazole rings is 1. The van der Waals surface area contributed by atoms with E-state index in [9.17, 15) is 0 Å². The summed E-state index contributed by atoms with van der Waals surface area (Å²) >= 11 is 1.82. The highest BCUT2D eigenvalue weighted by Gasteiger charge is 2.55. The third kappa shape index (κ3) is 2.23. The zero-order chi connectivity index (χ0) is 14.6. The van der Waals surface area contributed by atoms with E-state index in [4.69, 9.17) is 5.73 Å². The smallest absolute Gasteiger partial charge is 0.0946 e. The largest absolute Gasteiger partial charge is 0.327 e. The lowest BCUT2D eigenvalue weighted by Gasteiger charge is -2.13. The number of nitrogens with two attached hydrogens (primary N) is 1. The topological polar surface area (TPSA) is 38.9 Å². The monoisotopic (exact) mass is 298 g/mol. The van der Waals surface area contributed by atoms with E-state index in [0.29, 0.717) is 11.8 Å². The molecule has 2 aromatic rings. The van der Waals surface area contributed by atoms with Crippen LogP contribution in [0.2, 0.25) is 0 Å². The molecule has 4 rings (SSSR count). The van der Waals surface area contributed by atoms with Gasteiger partial charge in [0.15, 0.2) is 0 Å². The van der Waals surface area contributed by atoms with Gasteiger partial charge < -0.3 is 5.73 Å². The molecule has 1 aromatic heterocycles. The Morgan fingerprint density at radius 3 is 2.90 bits per heavy atom. The maximum atomic E-state index is 6.55. The molecule has 110 valence electrons. The molecular weight excluding hydrogens is 276 g/mol. The first kappa shape index (κ1) is 13.5. The lowest BCUT2D eigenvalue weighted by molar-refractivity contribution is 0.531. The van der Waals surface area contributed by atoms with E-state index in [0.717, 1.165) is 12.3 Å². The fraction of sp³-hybridized carbons (Fsp3) is 0.500. The first-order chi connectivity index (χ1) is 10.1. The average Bonchev–Trinajstić information content (AvgIpc) is 3.14. The molecule has 0 spiro atoms. The Morgan fingerprint density at radius 1 is 1.33 bits per heavy atom. The second-order valence-corrected chi connectivity index (χ2v) is 7.91. The predicted molar refractivity (Wildman–Crippen MR) is 87.8 cm³/mol. The van der Waals surface area contributed by atoms with Crippen LogP contribution in [0.4, 0.5) is 0 Å². The Bertz CT molecular complexity index is 656. The SMILES string of the molecule is Cc1nc(CC(N)C2C3CCc4ccccc4C32)sc1C. The third-order valence-electron chi connectivity index (χ3n) is 5.37. The number of hydrogen-bond acceptors (Lipinski definition) is 3. The first-order valence-electron chi connectivity index (χ1n) is 7.91. The Labute approximate surface area is 130 Å². The summed E-state index contributed by atoms with van der Waals surface area (Å²) in [5, 5.41) is 1.22. The average molecular weight is 298 g/mol. The van der Waals surface area contributed by atoms with Crippen molar-refractivity contribution in [3.63, 3.8) is 0 Å². The minimum Gasteiger partial charge on any atom is -0.327 e. The highest BCUT2D eigenvalue weighted by molar-refractivity contribution is 7.11. The molecule has 1 fully saturated rings. The van der Waals surface area contributed by atoms with Crippen LogP contribution < -0.4 is 5.73 Å². The molecular formula is C18H22N2S. The molecule has 0 amide bonds. The van der Waals surface area contributed by atoms with Crippen LogP contribution in [-0.2, 0) is 12.8 Å². The molecule has 4 unspecified atom stereocenters. The van der Waals surface area contributed by atoms with Crippen molar-refractivity contribution >= 4 is 11.3 Å². The first-order valence-corrected chi connectivity index (χ1v) is 8.73. The van der Waals surface area contributed by atoms with Gasteiger partial charge in [-0.2, -0.15) is 0 Å². The Kier molecular flexibility index (Phi) is 3.16. The number of hydrogen-bond donors (Lipinski definition) is 1. The summed E-state index contributed by atoms with van der Waals surface area (Å²) in [6, 6.07) is 9.21. The van der Waals surface area contributed by atoms with Gasteiger partial charge in [-0.1, -0.05) is 24.3 Å². The summed E-state index contributed by atoms with van der Waals surface area (Å²) in [6.07, 6.45) is 3.49. The van der Waals surface area contributed by atoms with Gasteiger partial charge >= 0.3 is 0 Å². The number of rotatable bonds is 3. The summed E-state index contributed by atoms with van der Waals surface area (Å²) in [4.78, 5) is 5.99. The van der Waals surface area contributed by atoms with E-state index in [-0.39, 0.29) is 6.04 Å². The molecule has 1 heterocycles. The van der Waals surface area contributed by atoms with E-state index in [2.05, 4.69) is 43.1 Å². The van der Waals surface area contributed by atoms with Crippen LogP contribution in [0.1, 0.15) is 39.0 Å². The summed E-state index contributed by atoms with van der Waals surface area (Å²) in [6.45, 7) is 4.24. The number of fused-ring (bicyclic) bond motifs is 3. The summed E-state index contributed by atoms with van der Waals surface area (Å²) in [7, 11) is 0. The van der Waals surface area contributed by atoms with E-state index in [1.807, 2.05) is 11.3 Å². The van der Waals surface area contributed by atoms with Gasteiger partial charge in [0, 0.05) is 17.3 Å². The molecule has 3 heteroatoms. The molecule has 1 saturated carbocycles. The van der Waals surface area contributed by atoms with Crippen LogP contribution in [0, 0.1) is 25.7 Å². The van der Waals surface area contributed by atoms with E-state index < -0.39 is 0 Å². The summed E-state index contributed by atoms with van der Waals surface area (Å²) < 4.78 is 0. The van der Waals surface area contributed by atoms with Gasteiger partial charge in [0.1, 0.15) is 0 Å². The van der Waals surface area contributed by atoms with Crippen LogP contribution in [0.25, 0.3) is 0 Å². The van der Waals surface area contributed by atoms with Crippen molar-refractivity contribution in [3.8, 4) is 0 Å². The quantitative estimate of drug-likeness (QED) is 0.940. The number of benzene rings is 1. The lowest BCUT2D eigenvalue weighted by Crippen LogP contribution is -2.26. The number of aromatic nitrogens is 1. The van der Waals surface area contributed by atoms with E-state index >= 15 is 0 Å². The molecule has 21 heavy (non-hydrogen) atoms. The highest BCUT2D eigenvalue weighted by Crippen LogP contribution is 2.61. The molecule has 2 aliphatic rings. The molecule has 0 aliphatic heterocycles. The maximum Gasteiger partial charge on any atom is 0.0946 e. The minimum atomic E-state index is 0.260. The zero-order valence-corrected chi connectivity index (χ0v) is 13.5. The molecule has 0 radical (unpaired) electrons. The van der Waals surface area contributed by atoms with Crippen molar-refractivity contribution in [3.05, 3.63) is 51.0 Å². The van der Waals surface area contributed by atoms with Gasteiger partial charge in [0.25, 0.3) is 0 Å². The second-order valence-electron chi connectivity index (χ2n) is 6.62. The van der Waals surface area contributed by atoms with E-state index in [1.54, 1.807) is 11.1 Å². The van der Waals surface area contributed by atoms with Crippen LogP contribution in [-0.4, -0.2) is 11.0 Å². The second kappa shape index (κ2) is 4.92. The minimum absolute atomic E-state index is 0.260. The van der Waals surface area contributed by atoms with Gasteiger partial charge in [-0.25, -0.2) is 4.98 Å². The molecule has 0 bridgehead atoms. The molecule has 4 atom stereocenters. The van der Waals surface area contributed by atoms with Crippen LogP contribution in [0.15, 0.2) is 24.3 Å². The van der Waals surface area contributed by atoms with Crippen molar-refractivity contribution in [1.82, 2.24) is 4.98 Å². The van der Waals surface area contributed by atoms with Gasteiger partial charge in [-0.15, -0.1) is 11.3 Å². The van der Waals surface area contributed by atoms with Crippen LogP contribution in [0.5, 0.6) is 0 Å². The standard InChI is InChI=1S/C18H22N2S/c1-10-11(2)21-16(20-10)9-15(19)18-14-8-7-12-5-3-4-6-13(12)17(14)18/h3-6,14-15,17-18H,7-9,19H2,1-2H3. The molecule has 2 N–H and O–H groups in total. The highest BCUT2D eigenvalue weighted by atomic mass is 32.1. The van der Waals surface area contributed by atoms with Crippen LogP contribution >= 0.6 is 11.3 Å². The Hall–Kier alpha value is -1.19. The van der Waals surface area contributed by atoms with Crippen molar-refractivity contribution < 1.29 is 0 Å². The molecule has 1 aromatic carbocycles. The summed E-state index contributed by atoms with van der Waals surface area (Å²) in [5.41, 5.74) is 10.8. The normalized spacial score (nSPS) is 27.9. The molecule has 2 nitrogen and oxygen atoms in total. The molecule has 0 saturated heterocycles. The lowest BCUT2D eigenvalue weighted by atomic mass is 9.92. The molecule has 2 aliphatic carbocycles. The zero-order valence-electron chi connectivity index (χ0n) is 12.7. The fourth-order valence-corrected chi connectivity index (χ4v) is 5.17. The van der Waals surface area contributed by atoms with Crippen LogP contribution in [0.3, 0.4) is 0 Å². The van der Waals surface area contributed by atoms with E-state index in [1.165, 1.54) is 28.4 Å².